The van der Waals surface area contributed by atoms with E-state index in [1.165, 1.54) is 5.84 Å². The third-order valence-corrected chi connectivity index (χ3v) is 2.26. The normalized spacial score (nSPS) is 16.9. The van der Waals surface area contributed by atoms with Crippen LogP contribution in [0.25, 0.3) is 0 Å². The lowest BCUT2D eigenvalue weighted by atomic mass is 10.3. The van der Waals surface area contributed by atoms with Crippen molar-refractivity contribution in [1.29, 1.82) is 0 Å². The van der Waals surface area contributed by atoms with E-state index in [-0.39, 0.29) is 0 Å². The molecule has 1 aliphatic heterocycles. The molecule has 0 unspecified atom stereocenters. The van der Waals surface area contributed by atoms with E-state index in [4.69, 9.17) is 4.74 Å². The van der Waals surface area contributed by atoms with Gasteiger partial charge in [-0.3, -0.25) is 0 Å². The van der Waals surface area contributed by atoms with Crippen LogP contribution >= 0.6 is 0 Å². The van der Waals surface area contributed by atoms with Crippen LogP contribution in [0.2, 0.25) is 0 Å². The average Bonchev–Trinajstić information content (AvgIpc) is 2.41. The highest BCUT2D eigenvalue weighted by Gasteiger charge is 2.21. The van der Waals surface area contributed by atoms with Crippen LogP contribution in [0.15, 0.2) is 12.7 Å². The number of amidine groups is 1. The maximum atomic E-state index is 5.40. The number of hydrogen-bond donors (Lipinski definition) is 0. The zero-order valence-electron chi connectivity index (χ0n) is 9.20. The third kappa shape index (κ3) is 3.07. The summed E-state index contributed by atoms with van der Waals surface area (Å²) in [5.41, 5.74) is 0. The molecule has 1 aliphatic rings. The average molecular weight is 196 g/mol. The summed E-state index contributed by atoms with van der Waals surface area (Å²) in [7, 11) is 4.14. The van der Waals surface area contributed by atoms with E-state index in [0.29, 0.717) is 0 Å². The fraction of sp³-hybridized carbons (Fsp3) is 0.636. The minimum Gasteiger partial charge on any atom is -0.374 e. The molecule has 0 N–H and O–H groups in total. The summed E-state index contributed by atoms with van der Waals surface area (Å²) in [6.45, 7) is 6.38. The molecular formula is C11H20N2O+2. The quantitative estimate of drug-likeness (QED) is 0.275. The summed E-state index contributed by atoms with van der Waals surface area (Å²) in [5, 5.41) is 0. The molecule has 0 saturated carbocycles. The van der Waals surface area contributed by atoms with Crippen LogP contribution in [-0.2, 0) is 4.74 Å². The lowest BCUT2D eigenvalue weighted by Crippen LogP contribution is -2.30. The molecule has 0 aromatic rings. The molecule has 0 fully saturated rings. The predicted molar refractivity (Wildman–Crippen MR) is 58.6 cm³/mol. The SMILES string of the molecule is C=CCC([N+]1=CCCOCC1)=[N+](C)C. The van der Waals surface area contributed by atoms with Crippen LogP contribution in [0.4, 0.5) is 0 Å². The van der Waals surface area contributed by atoms with Gasteiger partial charge in [0, 0.05) is 6.42 Å². The second kappa shape index (κ2) is 5.70. The van der Waals surface area contributed by atoms with Gasteiger partial charge in [0.2, 0.25) is 0 Å². The largest absolute Gasteiger partial charge is 0.415 e. The zero-order chi connectivity index (χ0) is 10.4. The molecule has 1 heterocycles. The maximum Gasteiger partial charge on any atom is 0.415 e. The van der Waals surface area contributed by atoms with Crippen molar-refractivity contribution in [3.05, 3.63) is 12.7 Å². The molecule has 0 aromatic heterocycles. The predicted octanol–water partition coefficient (Wildman–Crippen LogP) is 0.737. The first-order valence-electron chi connectivity index (χ1n) is 5.07. The van der Waals surface area contributed by atoms with Crippen molar-refractivity contribution in [3.63, 3.8) is 0 Å². The smallest absolute Gasteiger partial charge is 0.374 e. The fourth-order valence-corrected chi connectivity index (χ4v) is 1.57. The Bertz CT molecular complexity index is 262. The Labute approximate surface area is 86.0 Å². The van der Waals surface area contributed by atoms with Gasteiger partial charge in [-0.25, -0.2) is 0 Å². The van der Waals surface area contributed by atoms with Crippen molar-refractivity contribution in [2.75, 3.05) is 33.9 Å². The van der Waals surface area contributed by atoms with Gasteiger partial charge in [-0.1, -0.05) is 6.08 Å². The second-order valence-electron chi connectivity index (χ2n) is 3.58. The molecule has 0 spiro atoms. The Kier molecular flexibility index (Phi) is 4.53. The van der Waals surface area contributed by atoms with Crippen LogP contribution in [0.1, 0.15) is 12.8 Å². The first kappa shape index (κ1) is 11.1. The maximum absolute atomic E-state index is 5.40. The molecule has 1 rings (SSSR count). The van der Waals surface area contributed by atoms with Gasteiger partial charge in [0.25, 0.3) is 0 Å². The molecule has 14 heavy (non-hydrogen) atoms. The molecule has 0 bridgehead atoms. The molecule has 0 atom stereocenters. The van der Waals surface area contributed by atoms with Crippen LogP contribution in [0.5, 0.6) is 0 Å². The molecule has 3 nitrogen and oxygen atoms in total. The Morgan fingerprint density at radius 2 is 2.36 bits per heavy atom. The highest BCUT2D eigenvalue weighted by Crippen LogP contribution is 1.95. The van der Waals surface area contributed by atoms with Gasteiger partial charge in [0.1, 0.15) is 27.1 Å². The Morgan fingerprint density at radius 1 is 1.57 bits per heavy atom. The number of nitrogens with zero attached hydrogens (tertiary/aromatic N) is 2. The van der Waals surface area contributed by atoms with Crippen LogP contribution in [0, 0.1) is 0 Å². The highest BCUT2D eigenvalue weighted by molar-refractivity contribution is 5.74. The molecule has 0 aliphatic carbocycles. The van der Waals surface area contributed by atoms with E-state index in [1.54, 1.807) is 0 Å². The van der Waals surface area contributed by atoms with Gasteiger partial charge in [-0.05, 0) is 0 Å². The second-order valence-corrected chi connectivity index (χ2v) is 3.58. The first-order chi connectivity index (χ1) is 6.75. The summed E-state index contributed by atoms with van der Waals surface area (Å²) < 4.78 is 9.82. The molecule has 0 aromatic carbocycles. The molecule has 0 radical (unpaired) electrons. The number of ether oxygens (including phenoxy) is 1. The fourth-order valence-electron chi connectivity index (χ4n) is 1.57. The van der Waals surface area contributed by atoms with E-state index in [9.17, 15) is 0 Å². The number of hydrogen-bond acceptors (Lipinski definition) is 1. The summed E-state index contributed by atoms with van der Waals surface area (Å²) >= 11 is 0. The third-order valence-electron chi connectivity index (χ3n) is 2.26. The lowest BCUT2D eigenvalue weighted by Gasteiger charge is -1.99. The van der Waals surface area contributed by atoms with Crippen LogP contribution in [0.3, 0.4) is 0 Å². The Hall–Kier alpha value is -0.960. The summed E-state index contributed by atoms with van der Waals surface area (Å²) in [5.74, 6) is 1.28. The van der Waals surface area contributed by atoms with Crippen molar-refractivity contribution in [2.24, 2.45) is 0 Å². The molecule has 0 amide bonds. The van der Waals surface area contributed by atoms with E-state index < -0.39 is 0 Å². The lowest BCUT2D eigenvalue weighted by molar-refractivity contribution is -0.546. The molecule has 3 heteroatoms. The van der Waals surface area contributed by atoms with E-state index >= 15 is 0 Å². The van der Waals surface area contributed by atoms with Crippen molar-refractivity contribution < 1.29 is 13.9 Å². The molecule has 78 valence electrons. The summed E-state index contributed by atoms with van der Waals surface area (Å²) in [4.78, 5) is 0. The van der Waals surface area contributed by atoms with Gasteiger partial charge >= 0.3 is 5.84 Å². The minimum absolute atomic E-state index is 0.810. The zero-order valence-corrected chi connectivity index (χ0v) is 9.20. The van der Waals surface area contributed by atoms with Gasteiger partial charge in [-0.15, -0.1) is 11.2 Å². The molecular weight excluding hydrogens is 176 g/mol. The highest BCUT2D eigenvalue weighted by atomic mass is 16.5. The van der Waals surface area contributed by atoms with Gasteiger partial charge in [0.15, 0.2) is 12.8 Å². The topological polar surface area (TPSA) is 15.2 Å². The van der Waals surface area contributed by atoms with Gasteiger partial charge in [0.05, 0.1) is 6.61 Å². The van der Waals surface area contributed by atoms with Crippen molar-refractivity contribution in [2.45, 2.75) is 12.8 Å². The van der Waals surface area contributed by atoms with E-state index in [0.717, 1.165) is 32.6 Å². The van der Waals surface area contributed by atoms with Crippen molar-refractivity contribution in [1.82, 2.24) is 0 Å². The van der Waals surface area contributed by atoms with E-state index in [1.807, 2.05) is 6.08 Å². The standard InChI is InChI=1S/C11H20N2O/c1-4-6-11(12(2)3)13-7-5-9-14-10-8-13/h4,7H,1,5-6,8-10H2,2-3H3/q+2. The Morgan fingerprint density at radius 3 is 3.00 bits per heavy atom. The summed E-state index contributed by atoms with van der Waals surface area (Å²) in [6.07, 6.45) is 6.05. The Balaban J connectivity index is 2.81. The van der Waals surface area contributed by atoms with E-state index in [2.05, 4.69) is 36.0 Å². The minimum atomic E-state index is 0.810. The summed E-state index contributed by atoms with van der Waals surface area (Å²) in [6, 6.07) is 0. The monoisotopic (exact) mass is 196 g/mol. The van der Waals surface area contributed by atoms with Gasteiger partial charge in [-0.2, -0.15) is 4.58 Å². The number of rotatable bonds is 2. The van der Waals surface area contributed by atoms with Crippen LogP contribution < -0.4 is 0 Å². The molecule has 0 saturated heterocycles. The first-order valence-corrected chi connectivity index (χ1v) is 5.07. The van der Waals surface area contributed by atoms with Gasteiger partial charge < -0.3 is 4.74 Å². The van der Waals surface area contributed by atoms with Crippen LogP contribution in [-0.4, -0.2) is 55.1 Å². The van der Waals surface area contributed by atoms with Crippen molar-refractivity contribution >= 4 is 12.1 Å². The van der Waals surface area contributed by atoms with Crippen molar-refractivity contribution in [3.8, 4) is 0 Å².